The molecular formula is C24H30N4O3S. The highest BCUT2D eigenvalue weighted by molar-refractivity contribution is 7.90. The van der Waals surface area contributed by atoms with Crippen molar-refractivity contribution in [1.82, 2.24) is 4.90 Å². The fourth-order valence-electron chi connectivity index (χ4n) is 4.50. The number of fused-ring (bicyclic) bond motifs is 1. The maximum Gasteiger partial charge on any atom is 0.285 e. The van der Waals surface area contributed by atoms with Crippen molar-refractivity contribution in [3.05, 3.63) is 54.1 Å². The van der Waals surface area contributed by atoms with Gasteiger partial charge >= 0.3 is 0 Å². The lowest BCUT2D eigenvalue weighted by molar-refractivity contribution is -0.120. The maximum atomic E-state index is 12.8. The number of carbonyl (C=O) groups is 1. The molecule has 1 saturated heterocycles. The third-order valence-corrected chi connectivity index (χ3v) is 7.53. The van der Waals surface area contributed by atoms with E-state index in [1.165, 1.54) is 0 Å². The molecule has 0 radical (unpaired) electrons. The highest BCUT2D eigenvalue weighted by atomic mass is 32.2. The number of likely N-dealkylation sites (tertiary alicyclic amines) is 1. The van der Waals surface area contributed by atoms with E-state index in [-0.39, 0.29) is 16.7 Å². The van der Waals surface area contributed by atoms with E-state index in [0.29, 0.717) is 43.4 Å². The van der Waals surface area contributed by atoms with E-state index in [2.05, 4.69) is 35.4 Å². The molecule has 0 aromatic heterocycles. The van der Waals surface area contributed by atoms with Crippen molar-refractivity contribution < 1.29 is 13.2 Å². The Morgan fingerprint density at radius 2 is 1.78 bits per heavy atom. The van der Waals surface area contributed by atoms with Crippen LogP contribution < -0.4 is 10.2 Å². The largest absolute Gasteiger partial charge is 0.369 e. The molecule has 170 valence electrons. The monoisotopic (exact) mass is 454 g/mol. The summed E-state index contributed by atoms with van der Waals surface area (Å²) >= 11 is 0. The number of nitrogens with zero attached hydrogens (tertiary/aromatic N) is 3. The third kappa shape index (κ3) is 4.37. The molecule has 2 heterocycles. The number of benzene rings is 2. The maximum absolute atomic E-state index is 12.8. The second kappa shape index (κ2) is 8.94. The molecule has 0 atom stereocenters. The minimum absolute atomic E-state index is 0.00925. The number of carbonyl (C=O) groups excluding carboxylic acids is 1. The number of amidine groups is 1. The molecule has 0 bridgehead atoms. The van der Waals surface area contributed by atoms with Crippen molar-refractivity contribution in [2.24, 2.45) is 10.3 Å². The second-order valence-electron chi connectivity index (χ2n) is 8.56. The summed E-state index contributed by atoms with van der Waals surface area (Å²) in [6.45, 7) is 8.58. The molecule has 1 N–H and O–H groups in total. The van der Waals surface area contributed by atoms with E-state index >= 15 is 0 Å². The lowest BCUT2D eigenvalue weighted by atomic mass is 9.95. The van der Waals surface area contributed by atoms with Crippen LogP contribution in [-0.2, 0) is 14.8 Å². The van der Waals surface area contributed by atoms with E-state index in [4.69, 9.17) is 0 Å². The van der Waals surface area contributed by atoms with Crippen LogP contribution in [0.3, 0.4) is 0 Å². The molecule has 0 unspecified atom stereocenters. The van der Waals surface area contributed by atoms with Crippen LogP contribution in [0, 0.1) is 5.92 Å². The van der Waals surface area contributed by atoms with Crippen molar-refractivity contribution in [3.8, 4) is 0 Å². The van der Waals surface area contributed by atoms with E-state index in [1.54, 1.807) is 18.2 Å². The molecule has 8 heteroatoms. The van der Waals surface area contributed by atoms with Gasteiger partial charge in [0.25, 0.3) is 10.0 Å². The summed E-state index contributed by atoms with van der Waals surface area (Å²) in [5.74, 6) is 0.401. The van der Waals surface area contributed by atoms with Crippen LogP contribution in [0.4, 0.5) is 11.4 Å². The Morgan fingerprint density at radius 1 is 1.12 bits per heavy atom. The van der Waals surface area contributed by atoms with Gasteiger partial charge in [-0.1, -0.05) is 12.1 Å². The average Bonchev–Trinajstić information content (AvgIpc) is 3.06. The zero-order valence-corrected chi connectivity index (χ0v) is 19.6. The summed E-state index contributed by atoms with van der Waals surface area (Å²) in [7, 11) is -3.63. The first-order valence-corrected chi connectivity index (χ1v) is 12.6. The molecule has 32 heavy (non-hydrogen) atoms. The number of sulfonamides is 1. The van der Waals surface area contributed by atoms with E-state index in [9.17, 15) is 13.2 Å². The fourth-order valence-corrected chi connectivity index (χ4v) is 5.72. The van der Waals surface area contributed by atoms with Crippen molar-refractivity contribution in [1.29, 1.82) is 0 Å². The molecule has 0 spiro atoms. The third-order valence-electron chi connectivity index (χ3n) is 6.21. The molecule has 1 fully saturated rings. The van der Waals surface area contributed by atoms with Crippen molar-refractivity contribution in [2.75, 3.05) is 29.9 Å². The van der Waals surface area contributed by atoms with Gasteiger partial charge in [-0.05, 0) is 70.0 Å². The van der Waals surface area contributed by atoms with Crippen LogP contribution in [0.25, 0.3) is 0 Å². The van der Waals surface area contributed by atoms with Crippen LogP contribution in [0.2, 0.25) is 0 Å². The SMILES string of the molecule is CCN(c1ccc(NC(=O)C2CCN(C3=NS(=O)(=O)c4ccccc43)CC2)cc1)C(C)C. The average molecular weight is 455 g/mol. The summed E-state index contributed by atoms with van der Waals surface area (Å²) in [6.07, 6.45) is 1.31. The molecule has 2 aliphatic heterocycles. The topological polar surface area (TPSA) is 82.1 Å². The normalized spacial score (nSPS) is 17.8. The smallest absolute Gasteiger partial charge is 0.285 e. The van der Waals surface area contributed by atoms with Gasteiger partial charge in [-0.3, -0.25) is 4.79 Å². The van der Waals surface area contributed by atoms with Crippen LogP contribution >= 0.6 is 0 Å². The van der Waals surface area contributed by atoms with Gasteiger partial charge in [-0.15, -0.1) is 4.40 Å². The highest BCUT2D eigenvalue weighted by Crippen LogP contribution is 2.30. The number of nitrogens with one attached hydrogen (secondary N) is 1. The number of rotatable bonds is 5. The Balaban J connectivity index is 1.37. The molecular weight excluding hydrogens is 424 g/mol. The first kappa shape index (κ1) is 22.3. The Morgan fingerprint density at radius 3 is 2.41 bits per heavy atom. The van der Waals surface area contributed by atoms with E-state index in [0.717, 1.165) is 17.9 Å². The first-order valence-electron chi connectivity index (χ1n) is 11.2. The number of hydrogen-bond acceptors (Lipinski definition) is 5. The molecule has 7 nitrogen and oxygen atoms in total. The summed E-state index contributed by atoms with van der Waals surface area (Å²) in [6, 6.07) is 15.3. The van der Waals surface area contributed by atoms with Crippen molar-refractivity contribution >= 4 is 33.1 Å². The van der Waals surface area contributed by atoms with Crippen LogP contribution in [0.5, 0.6) is 0 Å². The molecule has 2 aromatic rings. The molecule has 2 aromatic carbocycles. The molecule has 4 rings (SSSR count). The zero-order valence-electron chi connectivity index (χ0n) is 18.8. The first-order chi connectivity index (χ1) is 15.3. The Labute approximate surface area is 190 Å². The zero-order chi connectivity index (χ0) is 22.9. The lowest BCUT2D eigenvalue weighted by Crippen LogP contribution is -2.41. The van der Waals surface area contributed by atoms with Gasteiger partial charge in [-0.2, -0.15) is 8.42 Å². The van der Waals surface area contributed by atoms with Crippen LogP contribution in [0.1, 0.15) is 39.2 Å². The van der Waals surface area contributed by atoms with Crippen molar-refractivity contribution in [3.63, 3.8) is 0 Å². The summed E-state index contributed by atoms with van der Waals surface area (Å²) < 4.78 is 28.6. The van der Waals surface area contributed by atoms with Gasteiger partial charge in [0.05, 0.1) is 0 Å². The quantitative estimate of drug-likeness (QED) is 0.745. The Kier molecular flexibility index (Phi) is 6.24. The van der Waals surface area contributed by atoms with Gasteiger partial charge in [0, 0.05) is 48.5 Å². The summed E-state index contributed by atoms with van der Waals surface area (Å²) in [4.78, 5) is 17.4. The Bertz CT molecular complexity index is 1120. The minimum Gasteiger partial charge on any atom is -0.369 e. The molecule has 2 aliphatic rings. The summed E-state index contributed by atoms with van der Waals surface area (Å²) in [5.41, 5.74) is 2.58. The molecule has 0 aliphatic carbocycles. The van der Waals surface area contributed by atoms with Gasteiger partial charge in [0.1, 0.15) is 4.90 Å². The predicted octanol–water partition coefficient (Wildman–Crippen LogP) is 3.72. The summed E-state index contributed by atoms with van der Waals surface area (Å²) in [5, 5.41) is 3.04. The lowest BCUT2D eigenvalue weighted by Gasteiger charge is -2.32. The molecule has 1 amide bonds. The van der Waals surface area contributed by atoms with Gasteiger partial charge in [0.2, 0.25) is 5.91 Å². The standard InChI is InChI=1S/C24H30N4O3S/c1-4-28(17(2)3)20-11-9-19(10-12-20)25-24(29)18-13-15-27(16-14-18)23-21-7-5-6-8-22(21)32(30,31)26-23/h5-12,17-18H,4,13-16H2,1-3H3,(H,25,29). The predicted molar refractivity (Wildman–Crippen MR) is 128 cm³/mol. The highest BCUT2D eigenvalue weighted by Gasteiger charge is 2.34. The number of anilines is 2. The fraction of sp³-hybridized carbons (Fsp3) is 0.417. The van der Waals surface area contributed by atoms with Crippen molar-refractivity contribution in [2.45, 2.75) is 44.6 Å². The van der Waals surface area contributed by atoms with E-state index in [1.807, 2.05) is 35.2 Å². The van der Waals surface area contributed by atoms with Gasteiger partial charge in [-0.25, -0.2) is 0 Å². The van der Waals surface area contributed by atoms with Crippen LogP contribution in [0.15, 0.2) is 57.8 Å². The number of amides is 1. The van der Waals surface area contributed by atoms with Crippen LogP contribution in [-0.4, -0.2) is 50.7 Å². The second-order valence-corrected chi connectivity index (χ2v) is 10.1. The van der Waals surface area contributed by atoms with Gasteiger partial charge < -0.3 is 15.1 Å². The van der Waals surface area contributed by atoms with Gasteiger partial charge in [0.15, 0.2) is 5.84 Å². The van der Waals surface area contributed by atoms with E-state index < -0.39 is 10.0 Å². The molecule has 0 saturated carbocycles. The minimum atomic E-state index is -3.63. The Hall–Kier alpha value is -2.87. The number of piperidine rings is 1. The number of hydrogen-bond donors (Lipinski definition) is 1.